The van der Waals surface area contributed by atoms with Crippen molar-refractivity contribution in [1.29, 1.82) is 0 Å². The van der Waals surface area contributed by atoms with Crippen LogP contribution in [-0.4, -0.2) is 9.79 Å². The third-order valence-electron chi connectivity index (χ3n) is 2.39. The summed E-state index contributed by atoms with van der Waals surface area (Å²) in [5, 5.41) is 1.64. The van der Waals surface area contributed by atoms with Gasteiger partial charge >= 0.3 is 86.0 Å². The van der Waals surface area contributed by atoms with Gasteiger partial charge in [0.1, 0.15) is 0 Å². The Hall–Kier alpha value is 1.54. The summed E-state index contributed by atoms with van der Waals surface area (Å²) >= 11 is 6.99. The van der Waals surface area contributed by atoms with Gasteiger partial charge in [0.25, 0.3) is 0 Å². The first-order valence-corrected chi connectivity index (χ1v) is 14.2. The van der Waals surface area contributed by atoms with E-state index in [1.54, 1.807) is 11.4 Å². The van der Waals surface area contributed by atoms with E-state index in [1.807, 2.05) is 0 Å². The molecule has 0 saturated carbocycles. The fraction of sp³-hybridized carbons (Fsp3) is 1.00. The topological polar surface area (TPSA) is 40.5 Å². The summed E-state index contributed by atoms with van der Waals surface area (Å²) in [6, 6.07) is 0. The molecule has 0 aliphatic rings. The van der Waals surface area contributed by atoms with Crippen LogP contribution in [0.15, 0.2) is 0 Å². The van der Waals surface area contributed by atoms with Gasteiger partial charge in [-0.15, -0.1) is 0 Å². The van der Waals surface area contributed by atoms with Gasteiger partial charge in [-0.25, -0.2) is 0 Å². The zero-order chi connectivity index (χ0) is 13.7. The largest absolute Gasteiger partial charge is 0.338 e. The van der Waals surface area contributed by atoms with Crippen LogP contribution < -0.4 is 0 Å². The minimum absolute atomic E-state index is 0.0846. The second kappa shape index (κ2) is 14.0. The molecule has 0 aromatic heterocycles. The maximum atomic E-state index is 7.87. The van der Waals surface area contributed by atoms with Gasteiger partial charge in [0.2, 0.25) is 5.69 Å². The molecule has 6 heteroatoms. The maximum Gasteiger partial charge on any atom is 0.239 e. The third kappa shape index (κ3) is 38.1. The SMILES string of the molecule is CCCCCCC[CH2][Zn][CH](C)C.OP(O)(=S)S. The summed E-state index contributed by atoms with van der Waals surface area (Å²) in [5.41, 5.74) is -3.11. The summed E-state index contributed by atoms with van der Waals surface area (Å²) in [6.07, 6.45) is 8.86. The van der Waals surface area contributed by atoms with Crippen LogP contribution in [-0.2, 0) is 28.9 Å². The first-order chi connectivity index (χ1) is 7.77. The van der Waals surface area contributed by atoms with Crippen molar-refractivity contribution in [2.45, 2.75) is 68.8 Å². The van der Waals surface area contributed by atoms with Gasteiger partial charge in [0.05, 0.1) is 0 Å². The van der Waals surface area contributed by atoms with Gasteiger partial charge < -0.3 is 9.79 Å². The molecule has 0 aromatic carbocycles. The zero-order valence-corrected chi connectivity index (χ0v) is 17.0. The van der Waals surface area contributed by atoms with E-state index in [2.05, 4.69) is 44.8 Å². The Balaban J connectivity index is 0. The van der Waals surface area contributed by atoms with Crippen molar-refractivity contribution in [1.82, 2.24) is 0 Å². The van der Waals surface area contributed by atoms with Crippen LogP contribution in [0.5, 0.6) is 0 Å². The van der Waals surface area contributed by atoms with Gasteiger partial charge in [0.15, 0.2) is 0 Å². The van der Waals surface area contributed by atoms with Gasteiger partial charge in [-0.1, -0.05) is 12.2 Å². The van der Waals surface area contributed by atoms with E-state index in [0.29, 0.717) is 0 Å². The van der Waals surface area contributed by atoms with Crippen LogP contribution in [0.3, 0.4) is 0 Å². The summed E-state index contributed by atoms with van der Waals surface area (Å²) in [5.74, 6) is 0. The van der Waals surface area contributed by atoms with Crippen molar-refractivity contribution in [2.24, 2.45) is 0 Å². The van der Waals surface area contributed by atoms with Gasteiger partial charge in [-0.2, -0.15) is 0 Å². The third-order valence-corrected chi connectivity index (χ3v) is 6.71. The first-order valence-electron chi connectivity index (χ1n) is 6.55. The average molecular weight is 352 g/mol. The average Bonchev–Trinajstić information content (AvgIpc) is 2.13. The van der Waals surface area contributed by atoms with Gasteiger partial charge in [-0.05, 0) is 11.8 Å². The Bertz CT molecular complexity index is 190. The van der Waals surface area contributed by atoms with Crippen LogP contribution in [0, 0.1) is 0 Å². The number of thiol groups is 1. The second-order valence-electron chi connectivity index (χ2n) is 4.82. The Morgan fingerprint density at radius 3 is 1.94 bits per heavy atom. The van der Waals surface area contributed by atoms with Crippen LogP contribution in [0.2, 0.25) is 9.53 Å². The van der Waals surface area contributed by atoms with Crippen LogP contribution in [0.25, 0.3) is 0 Å². The summed E-state index contributed by atoms with van der Waals surface area (Å²) in [7, 11) is 0. The van der Waals surface area contributed by atoms with E-state index in [1.165, 1.54) is 32.1 Å². The molecule has 0 bridgehead atoms. The quantitative estimate of drug-likeness (QED) is 0.254. The van der Waals surface area contributed by atoms with Gasteiger partial charge in [0, 0.05) is 0 Å². The molecule has 0 radical (unpaired) electrons. The van der Waals surface area contributed by atoms with Crippen LogP contribution in [0.1, 0.15) is 59.3 Å². The fourth-order valence-corrected chi connectivity index (χ4v) is 4.57. The molecular formula is C11H27O2PS2Zn. The van der Waals surface area contributed by atoms with E-state index in [4.69, 9.17) is 9.79 Å². The van der Waals surface area contributed by atoms with E-state index >= 15 is 0 Å². The molecule has 0 rings (SSSR count). The van der Waals surface area contributed by atoms with Crippen LogP contribution in [0.4, 0.5) is 0 Å². The minimum Gasteiger partial charge on any atom is -0.338 e. The van der Waals surface area contributed by atoms with Crippen molar-refractivity contribution in [3.05, 3.63) is 0 Å². The molecule has 17 heavy (non-hydrogen) atoms. The number of hydrogen-bond acceptors (Lipinski definition) is 1. The molecule has 0 spiro atoms. The van der Waals surface area contributed by atoms with Crippen molar-refractivity contribution in [3.8, 4) is 0 Å². The second-order valence-corrected chi connectivity index (χ2v) is 16.0. The summed E-state index contributed by atoms with van der Waals surface area (Å²) in [4.78, 5) is 15.7. The summed E-state index contributed by atoms with van der Waals surface area (Å²) < 4.78 is 1.09. The number of hydrogen-bond donors (Lipinski definition) is 3. The molecule has 2 nitrogen and oxygen atoms in total. The molecule has 0 unspecified atom stereocenters. The molecule has 0 fully saturated rings. The van der Waals surface area contributed by atoms with E-state index < -0.39 is 5.69 Å². The first kappa shape index (κ1) is 20.9. The maximum absolute atomic E-state index is 7.87. The number of unbranched alkanes of at least 4 members (excludes halogenated alkanes) is 5. The minimum atomic E-state index is -3.11. The molecule has 102 valence electrons. The van der Waals surface area contributed by atoms with Crippen molar-refractivity contribution in [2.75, 3.05) is 0 Å². The Kier molecular flexibility index (Phi) is 17.1. The molecule has 0 heterocycles. The summed E-state index contributed by atoms with van der Waals surface area (Å²) in [6.45, 7) is 7.09. The van der Waals surface area contributed by atoms with Crippen molar-refractivity contribution >= 4 is 29.7 Å². The Morgan fingerprint density at radius 2 is 1.53 bits per heavy atom. The van der Waals surface area contributed by atoms with E-state index in [0.717, 1.165) is 4.51 Å². The predicted octanol–water partition coefficient (Wildman–Crippen LogP) is 4.80. The van der Waals surface area contributed by atoms with E-state index in [9.17, 15) is 0 Å². The standard InChI is InChI=1S/C8H17.C3H7.H3O2PS2.Zn/c1-3-5-7-8-6-4-2;1-3-2;1-3(2,4)5;/h1,3-8H2,2H3;3H,1-2H3;(H3,1,2,4,5);. The van der Waals surface area contributed by atoms with E-state index in [-0.39, 0.29) is 17.1 Å². The Morgan fingerprint density at radius 1 is 1.12 bits per heavy atom. The molecule has 0 amide bonds. The predicted molar refractivity (Wildman–Crippen MR) is 81.0 cm³/mol. The molecule has 0 saturated heterocycles. The molecular weight excluding hydrogens is 325 g/mol. The van der Waals surface area contributed by atoms with Crippen molar-refractivity contribution in [3.63, 3.8) is 0 Å². The fourth-order valence-electron chi connectivity index (χ4n) is 1.51. The number of rotatable bonds is 8. The molecule has 0 atom stereocenters. The van der Waals surface area contributed by atoms with Gasteiger partial charge in [-0.3, -0.25) is 0 Å². The zero-order valence-electron chi connectivity index (χ0n) is 11.4. The van der Waals surface area contributed by atoms with Crippen molar-refractivity contribution < 1.29 is 26.9 Å². The molecule has 0 aliphatic heterocycles. The smallest absolute Gasteiger partial charge is 0.239 e. The van der Waals surface area contributed by atoms with Crippen LogP contribution >= 0.6 is 17.9 Å². The monoisotopic (exact) mass is 350 g/mol. The molecule has 0 aliphatic carbocycles. The molecule has 0 aromatic rings. The molecule has 2 N–H and O–H groups in total. The Labute approximate surface area is 125 Å². The normalized spacial score (nSPS) is 10.8.